The average Bonchev–Trinajstić information content (AvgIpc) is 2.74. The zero-order chi connectivity index (χ0) is 20.5. The summed E-state index contributed by atoms with van der Waals surface area (Å²) in [5.74, 6) is 1.75. The Bertz CT molecular complexity index is 761. The van der Waals surface area contributed by atoms with Crippen molar-refractivity contribution in [2.45, 2.75) is 12.8 Å². The number of benzene rings is 2. The van der Waals surface area contributed by atoms with E-state index in [2.05, 4.69) is 10.2 Å². The summed E-state index contributed by atoms with van der Waals surface area (Å²) >= 11 is 11.7. The van der Waals surface area contributed by atoms with Crippen molar-refractivity contribution in [1.29, 1.82) is 0 Å². The van der Waals surface area contributed by atoms with E-state index in [1.807, 2.05) is 36.4 Å². The van der Waals surface area contributed by atoms with Gasteiger partial charge in [0.1, 0.15) is 24.7 Å². The number of likely N-dealkylation sites (tertiary alicyclic amines) is 1. The fourth-order valence-electron chi connectivity index (χ4n) is 3.26. The number of piperidine rings is 1. The van der Waals surface area contributed by atoms with Gasteiger partial charge in [-0.2, -0.15) is 0 Å². The molecule has 0 atom stereocenters. The van der Waals surface area contributed by atoms with Crippen LogP contribution in [-0.2, 0) is 4.79 Å². The SMILES string of the molecule is O=C(NCCOc1ccc(Cl)cc1)C1CCN(CCOc2ccc(Cl)cc2)CC1. The molecule has 2 aromatic carbocycles. The van der Waals surface area contributed by atoms with Gasteiger partial charge in [0.05, 0.1) is 6.54 Å². The van der Waals surface area contributed by atoms with Gasteiger partial charge in [0, 0.05) is 22.5 Å². The van der Waals surface area contributed by atoms with Crippen LogP contribution in [0.2, 0.25) is 10.0 Å². The molecule has 0 bridgehead atoms. The summed E-state index contributed by atoms with van der Waals surface area (Å²) in [4.78, 5) is 14.7. The first kappa shape index (κ1) is 21.8. The van der Waals surface area contributed by atoms with Crippen LogP contribution in [0.5, 0.6) is 11.5 Å². The zero-order valence-corrected chi connectivity index (χ0v) is 17.8. The number of hydrogen-bond donors (Lipinski definition) is 1. The number of halogens is 2. The predicted octanol–water partition coefficient (Wildman–Crippen LogP) is 4.28. The minimum Gasteiger partial charge on any atom is -0.492 e. The topological polar surface area (TPSA) is 50.8 Å². The van der Waals surface area contributed by atoms with E-state index in [4.69, 9.17) is 32.7 Å². The van der Waals surface area contributed by atoms with Crippen LogP contribution in [0.1, 0.15) is 12.8 Å². The summed E-state index contributed by atoms with van der Waals surface area (Å²) in [6.07, 6.45) is 1.73. The molecule has 1 aliphatic rings. The third-order valence-electron chi connectivity index (χ3n) is 4.93. The lowest BCUT2D eigenvalue weighted by Gasteiger charge is -2.31. The molecule has 29 heavy (non-hydrogen) atoms. The maximum atomic E-state index is 12.3. The molecule has 0 unspecified atom stereocenters. The van der Waals surface area contributed by atoms with E-state index >= 15 is 0 Å². The van der Waals surface area contributed by atoms with Crippen LogP contribution in [-0.4, -0.2) is 50.2 Å². The van der Waals surface area contributed by atoms with Gasteiger partial charge in [0.25, 0.3) is 0 Å². The molecule has 3 rings (SSSR count). The van der Waals surface area contributed by atoms with Gasteiger partial charge < -0.3 is 14.8 Å². The molecule has 1 N–H and O–H groups in total. The first-order chi connectivity index (χ1) is 14.1. The van der Waals surface area contributed by atoms with Crippen LogP contribution >= 0.6 is 23.2 Å². The van der Waals surface area contributed by atoms with Crippen molar-refractivity contribution >= 4 is 29.1 Å². The zero-order valence-electron chi connectivity index (χ0n) is 16.3. The Labute approximate surface area is 181 Å². The minimum absolute atomic E-state index is 0.0685. The standard InChI is InChI=1S/C22H26Cl2N2O3/c23-18-1-5-20(6-2-18)28-15-11-25-22(27)17-9-12-26(13-10-17)14-16-29-21-7-3-19(24)4-8-21/h1-8,17H,9-16H2,(H,25,27). The molecule has 1 fully saturated rings. The molecule has 2 aromatic rings. The molecule has 0 saturated carbocycles. The lowest BCUT2D eigenvalue weighted by atomic mass is 9.96. The third-order valence-corrected chi connectivity index (χ3v) is 5.44. The normalized spacial score (nSPS) is 15.1. The number of hydrogen-bond acceptors (Lipinski definition) is 4. The highest BCUT2D eigenvalue weighted by atomic mass is 35.5. The second-order valence-electron chi connectivity index (χ2n) is 7.01. The van der Waals surface area contributed by atoms with E-state index in [9.17, 15) is 4.79 Å². The van der Waals surface area contributed by atoms with Gasteiger partial charge in [-0.05, 0) is 74.5 Å². The number of carbonyl (C=O) groups excluding carboxylic acids is 1. The maximum absolute atomic E-state index is 12.3. The minimum atomic E-state index is 0.0685. The summed E-state index contributed by atoms with van der Waals surface area (Å²) in [6.45, 7) is 4.23. The van der Waals surface area contributed by atoms with Gasteiger partial charge in [-0.1, -0.05) is 23.2 Å². The molecule has 0 aliphatic carbocycles. The Morgan fingerprint density at radius 3 is 1.97 bits per heavy atom. The Kier molecular flexibility index (Phi) is 8.47. The van der Waals surface area contributed by atoms with E-state index in [-0.39, 0.29) is 11.8 Å². The summed E-state index contributed by atoms with van der Waals surface area (Å²) in [5.41, 5.74) is 0. The molecule has 156 valence electrons. The van der Waals surface area contributed by atoms with E-state index in [0.29, 0.717) is 29.8 Å². The first-order valence-electron chi connectivity index (χ1n) is 9.87. The van der Waals surface area contributed by atoms with Crippen LogP contribution in [0.3, 0.4) is 0 Å². The Morgan fingerprint density at radius 2 is 1.41 bits per heavy atom. The smallest absolute Gasteiger partial charge is 0.223 e. The van der Waals surface area contributed by atoms with Crippen LogP contribution in [0.4, 0.5) is 0 Å². The second kappa shape index (κ2) is 11.3. The van der Waals surface area contributed by atoms with Crippen molar-refractivity contribution in [2.75, 3.05) is 39.4 Å². The first-order valence-corrected chi connectivity index (χ1v) is 10.6. The fourth-order valence-corrected chi connectivity index (χ4v) is 3.51. The molecule has 0 aromatic heterocycles. The summed E-state index contributed by atoms with van der Waals surface area (Å²) < 4.78 is 11.3. The Balaban J connectivity index is 1.27. The van der Waals surface area contributed by atoms with Gasteiger partial charge >= 0.3 is 0 Å². The van der Waals surface area contributed by atoms with Crippen LogP contribution in [0.15, 0.2) is 48.5 Å². The number of carbonyl (C=O) groups is 1. The molecule has 1 amide bonds. The van der Waals surface area contributed by atoms with Crippen LogP contribution < -0.4 is 14.8 Å². The lowest BCUT2D eigenvalue weighted by molar-refractivity contribution is -0.126. The molecular formula is C22H26Cl2N2O3. The van der Waals surface area contributed by atoms with Gasteiger partial charge in [0.15, 0.2) is 0 Å². The largest absolute Gasteiger partial charge is 0.492 e. The molecular weight excluding hydrogens is 411 g/mol. The Morgan fingerprint density at radius 1 is 0.897 bits per heavy atom. The van der Waals surface area contributed by atoms with Crippen molar-refractivity contribution in [1.82, 2.24) is 10.2 Å². The third kappa shape index (κ3) is 7.42. The van der Waals surface area contributed by atoms with Crippen molar-refractivity contribution < 1.29 is 14.3 Å². The van der Waals surface area contributed by atoms with E-state index < -0.39 is 0 Å². The van der Waals surface area contributed by atoms with E-state index in [1.165, 1.54) is 0 Å². The number of amides is 1. The molecule has 0 spiro atoms. The number of nitrogens with zero attached hydrogens (tertiary/aromatic N) is 1. The van der Waals surface area contributed by atoms with Crippen LogP contribution in [0, 0.1) is 5.92 Å². The van der Waals surface area contributed by atoms with Gasteiger partial charge in [-0.3, -0.25) is 9.69 Å². The maximum Gasteiger partial charge on any atom is 0.223 e. The van der Waals surface area contributed by atoms with Crippen molar-refractivity contribution in [3.8, 4) is 11.5 Å². The van der Waals surface area contributed by atoms with E-state index in [0.717, 1.165) is 44.0 Å². The average molecular weight is 437 g/mol. The fraction of sp³-hybridized carbons (Fsp3) is 0.409. The highest BCUT2D eigenvalue weighted by molar-refractivity contribution is 6.30. The van der Waals surface area contributed by atoms with Crippen molar-refractivity contribution in [2.24, 2.45) is 5.92 Å². The molecule has 0 radical (unpaired) electrons. The molecule has 1 saturated heterocycles. The molecule has 1 aliphatic heterocycles. The highest BCUT2D eigenvalue weighted by Gasteiger charge is 2.24. The predicted molar refractivity (Wildman–Crippen MR) is 116 cm³/mol. The van der Waals surface area contributed by atoms with E-state index in [1.54, 1.807) is 12.1 Å². The van der Waals surface area contributed by atoms with Crippen molar-refractivity contribution in [3.63, 3.8) is 0 Å². The van der Waals surface area contributed by atoms with Crippen LogP contribution in [0.25, 0.3) is 0 Å². The van der Waals surface area contributed by atoms with Gasteiger partial charge in [-0.15, -0.1) is 0 Å². The number of rotatable bonds is 9. The van der Waals surface area contributed by atoms with Gasteiger partial charge in [0.2, 0.25) is 5.91 Å². The quantitative estimate of drug-likeness (QED) is 0.595. The molecule has 1 heterocycles. The molecule has 7 heteroatoms. The molecule has 5 nitrogen and oxygen atoms in total. The Hall–Kier alpha value is -1.95. The second-order valence-corrected chi connectivity index (χ2v) is 7.88. The summed E-state index contributed by atoms with van der Waals surface area (Å²) in [7, 11) is 0. The number of ether oxygens (including phenoxy) is 2. The highest BCUT2D eigenvalue weighted by Crippen LogP contribution is 2.19. The monoisotopic (exact) mass is 436 g/mol. The summed E-state index contributed by atoms with van der Waals surface area (Å²) in [5, 5.41) is 4.35. The summed E-state index contributed by atoms with van der Waals surface area (Å²) in [6, 6.07) is 14.6. The van der Waals surface area contributed by atoms with Crippen molar-refractivity contribution in [3.05, 3.63) is 58.6 Å². The number of nitrogens with one attached hydrogen (secondary N) is 1. The van der Waals surface area contributed by atoms with Gasteiger partial charge in [-0.25, -0.2) is 0 Å². The lowest BCUT2D eigenvalue weighted by Crippen LogP contribution is -2.42.